The molecule has 1 aromatic rings. The van der Waals surface area contributed by atoms with Gasteiger partial charge in [-0.05, 0) is 18.2 Å². The summed E-state index contributed by atoms with van der Waals surface area (Å²) in [5.74, 6) is 0.822. The van der Waals surface area contributed by atoms with E-state index < -0.39 is 16.0 Å². The maximum Gasteiger partial charge on any atom is 0.337 e. The number of carbonyl (C=O) groups is 1. The minimum Gasteiger partial charge on any atom is -0.465 e. The van der Waals surface area contributed by atoms with Crippen molar-refractivity contribution in [3.8, 4) is 0 Å². The van der Waals surface area contributed by atoms with Gasteiger partial charge in [0.2, 0.25) is 10.0 Å². The van der Waals surface area contributed by atoms with Crippen LogP contribution in [0.2, 0.25) is 0 Å². The van der Waals surface area contributed by atoms with E-state index in [0.717, 1.165) is 5.75 Å². The fourth-order valence-corrected chi connectivity index (χ4v) is 3.38. The molecule has 0 aromatic heterocycles. The van der Waals surface area contributed by atoms with E-state index in [4.69, 9.17) is 5.73 Å². The van der Waals surface area contributed by atoms with E-state index in [2.05, 4.69) is 16.0 Å². The molecule has 0 aliphatic carbocycles. The highest BCUT2D eigenvalue weighted by molar-refractivity contribution is 7.99. The Labute approximate surface area is 128 Å². The van der Waals surface area contributed by atoms with Crippen LogP contribution in [0.1, 0.15) is 10.4 Å². The molecule has 6 nitrogen and oxygen atoms in total. The van der Waals surface area contributed by atoms with Crippen LogP contribution in [-0.2, 0) is 14.8 Å². The Hall–Kier alpha value is -1.51. The maximum absolute atomic E-state index is 12.1. The predicted octanol–water partition coefficient (Wildman–Crippen LogP) is 1.25. The minimum atomic E-state index is -3.69. The van der Waals surface area contributed by atoms with Crippen molar-refractivity contribution in [2.75, 3.05) is 30.9 Å². The Kier molecular flexibility index (Phi) is 6.73. The smallest absolute Gasteiger partial charge is 0.337 e. The standard InChI is InChI=1S/C13H18N2O4S2/c1-3-7-20-8-6-15-21(17,18)12-5-4-10(9-11(12)14)13(16)19-2/h3-5,9,15H,1,6-8,14H2,2H3. The fourth-order valence-electron chi connectivity index (χ4n) is 1.53. The summed E-state index contributed by atoms with van der Waals surface area (Å²) in [6.45, 7) is 3.87. The lowest BCUT2D eigenvalue weighted by atomic mass is 10.2. The van der Waals surface area contributed by atoms with Gasteiger partial charge in [-0.25, -0.2) is 17.9 Å². The molecule has 0 bridgehead atoms. The fraction of sp³-hybridized carbons (Fsp3) is 0.308. The van der Waals surface area contributed by atoms with Gasteiger partial charge >= 0.3 is 5.97 Å². The average Bonchev–Trinajstić information content (AvgIpc) is 2.45. The Morgan fingerprint density at radius 2 is 2.24 bits per heavy atom. The van der Waals surface area contributed by atoms with Gasteiger partial charge < -0.3 is 10.5 Å². The van der Waals surface area contributed by atoms with E-state index in [9.17, 15) is 13.2 Å². The van der Waals surface area contributed by atoms with Gasteiger partial charge in [0.1, 0.15) is 4.90 Å². The minimum absolute atomic E-state index is 0.00384. The van der Waals surface area contributed by atoms with Crippen LogP contribution in [0.25, 0.3) is 0 Å². The van der Waals surface area contributed by atoms with E-state index in [-0.39, 0.29) is 16.1 Å². The summed E-state index contributed by atoms with van der Waals surface area (Å²) in [6.07, 6.45) is 1.75. The molecular formula is C13H18N2O4S2. The quantitative estimate of drug-likeness (QED) is 0.322. The van der Waals surface area contributed by atoms with Gasteiger partial charge in [-0.15, -0.1) is 6.58 Å². The SMILES string of the molecule is C=CCSCCNS(=O)(=O)c1ccc(C(=O)OC)cc1N. The highest BCUT2D eigenvalue weighted by atomic mass is 32.2. The van der Waals surface area contributed by atoms with Crippen molar-refractivity contribution in [1.82, 2.24) is 4.72 Å². The number of hydrogen-bond acceptors (Lipinski definition) is 6. The first-order valence-electron chi connectivity index (χ1n) is 6.08. The number of carbonyl (C=O) groups excluding carboxylic acids is 1. The highest BCUT2D eigenvalue weighted by Crippen LogP contribution is 2.20. The Morgan fingerprint density at radius 1 is 1.52 bits per heavy atom. The summed E-state index contributed by atoms with van der Waals surface area (Å²) in [7, 11) is -2.45. The van der Waals surface area contributed by atoms with Crippen molar-refractivity contribution in [2.45, 2.75) is 4.90 Å². The van der Waals surface area contributed by atoms with Crippen LogP contribution in [0.15, 0.2) is 35.7 Å². The molecule has 0 heterocycles. The number of sulfonamides is 1. The summed E-state index contributed by atoms with van der Waals surface area (Å²) in [6, 6.07) is 3.94. The molecule has 0 spiro atoms. The van der Waals surface area contributed by atoms with Crippen molar-refractivity contribution in [3.63, 3.8) is 0 Å². The van der Waals surface area contributed by atoms with Gasteiger partial charge in [-0.2, -0.15) is 11.8 Å². The zero-order valence-electron chi connectivity index (χ0n) is 11.7. The normalized spacial score (nSPS) is 11.1. The Morgan fingerprint density at radius 3 is 2.81 bits per heavy atom. The summed E-state index contributed by atoms with van der Waals surface area (Å²) in [5.41, 5.74) is 5.91. The van der Waals surface area contributed by atoms with Crippen molar-refractivity contribution in [2.24, 2.45) is 0 Å². The van der Waals surface area contributed by atoms with Gasteiger partial charge in [-0.3, -0.25) is 0 Å². The molecule has 0 fully saturated rings. The third-order valence-electron chi connectivity index (χ3n) is 2.49. The maximum atomic E-state index is 12.1. The second-order valence-electron chi connectivity index (χ2n) is 4.01. The van der Waals surface area contributed by atoms with Crippen LogP contribution in [0.3, 0.4) is 0 Å². The van der Waals surface area contributed by atoms with Crippen molar-refractivity contribution in [1.29, 1.82) is 0 Å². The largest absolute Gasteiger partial charge is 0.465 e. The number of nitrogens with two attached hydrogens (primary N) is 1. The van der Waals surface area contributed by atoms with Crippen LogP contribution in [0, 0.1) is 0 Å². The molecule has 8 heteroatoms. The van der Waals surface area contributed by atoms with Gasteiger partial charge in [-0.1, -0.05) is 6.08 Å². The van der Waals surface area contributed by atoms with Crippen LogP contribution >= 0.6 is 11.8 Å². The van der Waals surface area contributed by atoms with E-state index in [1.807, 2.05) is 0 Å². The molecule has 0 atom stereocenters. The van der Waals surface area contributed by atoms with E-state index in [1.54, 1.807) is 17.8 Å². The monoisotopic (exact) mass is 330 g/mol. The molecule has 0 aliphatic heterocycles. The van der Waals surface area contributed by atoms with Gasteiger partial charge in [0, 0.05) is 18.1 Å². The zero-order chi connectivity index (χ0) is 15.9. The van der Waals surface area contributed by atoms with Gasteiger partial charge in [0.15, 0.2) is 0 Å². The lowest BCUT2D eigenvalue weighted by molar-refractivity contribution is 0.0600. The predicted molar refractivity (Wildman–Crippen MR) is 84.9 cm³/mol. The summed E-state index contributed by atoms with van der Waals surface area (Å²) >= 11 is 1.57. The summed E-state index contributed by atoms with van der Waals surface area (Å²) in [4.78, 5) is 11.3. The molecular weight excluding hydrogens is 312 g/mol. The Balaban J connectivity index is 2.79. The van der Waals surface area contributed by atoms with E-state index in [0.29, 0.717) is 12.3 Å². The number of rotatable bonds is 8. The number of ether oxygens (including phenoxy) is 1. The van der Waals surface area contributed by atoms with Crippen LogP contribution in [0.4, 0.5) is 5.69 Å². The molecule has 1 rings (SSSR count). The average molecular weight is 330 g/mol. The molecule has 116 valence electrons. The first kappa shape index (κ1) is 17.5. The number of thioether (sulfide) groups is 1. The number of hydrogen-bond donors (Lipinski definition) is 2. The van der Waals surface area contributed by atoms with Crippen LogP contribution < -0.4 is 10.5 Å². The summed E-state index contributed by atoms with van der Waals surface area (Å²) in [5, 5.41) is 0. The number of nitrogens with one attached hydrogen (secondary N) is 1. The summed E-state index contributed by atoms with van der Waals surface area (Å²) < 4.78 is 31.2. The highest BCUT2D eigenvalue weighted by Gasteiger charge is 2.18. The molecule has 3 N–H and O–H groups in total. The number of methoxy groups -OCH3 is 1. The first-order valence-corrected chi connectivity index (χ1v) is 8.72. The Bertz CT molecular complexity index is 615. The number of benzene rings is 1. The number of esters is 1. The number of nitrogen functional groups attached to an aromatic ring is 1. The van der Waals surface area contributed by atoms with Crippen molar-refractivity contribution < 1.29 is 17.9 Å². The first-order chi connectivity index (χ1) is 9.92. The molecule has 0 aliphatic rings. The third-order valence-corrected chi connectivity index (χ3v) is 4.99. The second kappa shape index (κ2) is 8.06. The molecule has 1 aromatic carbocycles. The van der Waals surface area contributed by atoms with Crippen LogP contribution in [0.5, 0.6) is 0 Å². The van der Waals surface area contributed by atoms with E-state index in [1.165, 1.54) is 25.3 Å². The lowest BCUT2D eigenvalue weighted by Gasteiger charge is -2.10. The zero-order valence-corrected chi connectivity index (χ0v) is 13.3. The number of anilines is 1. The van der Waals surface area contributed by atoms with Gasteiger partial charge in [0.05, 0.1) is 18.4 Å². The lowest BCUT2D eigenvalue weighted by Crippen LogP contribution is -2.27. The molecule has 0 unspecified atom stereocenters. The van der Waals surface area contributed by atoms with Crippen molar-refractivity contribution in [3.05, 3.63) is 36.4 Å². The van der Waals surface area contributed by atoms with E-state index >= 15 is 0 Å². The second-order valence-corrected chi connectivity index (χ2v) is 6.89. The molecule has 0 radical (unpaired) electrons. The molecule has 0 saturated heterocycles. The van der Waals surface area contributed by atoms with Crippen molar-refractivity contribution >= 4 is 33.4 Å². The topological polar surface area (TPSA) is 98.5 Å². The molecule has 21 heavy (non-hydrogen) atoms. The third kappa shape index (κ3) is 5.07. The van der Waals surface area contributed by atoms with Crippen LogP contribution in [-0.4, -0.2) is 39.5 Å². The van der Waals surface area contributed by atoms with Gasteiger partial charge in [0.25, 0.3) is 0 Å². The molecule has 0 amide bonds. The molecule has 0 saturated carbocycles.